The molecule has 188 valence electrons. The number of nitrogens with zero attached hydrogens (tertiary/aromatic N) is 1. The van der Waals surface area contributed by atoms with Crippen molar-refractivity contribution < 1.29 is 38.7 Å². The second-order valence-electron chi connectivity index (χ2n) is 8.76. The molecule has 5 atom stereocenters. The van der Waals surface area contributed by atoms with Crippen molar-refractivity contribution in [3.8, 4) is 5.88 Å². The number of rotatable bonds is 10. The molecule has 0 aliphatic carbocycles. The van der Waals surface area contributed by atoms with Crippen molar-refractivity contribution in [3.63, 3.8) is 0 Å². The van der Waals surface area contributed by atoms with E-state index in [1.807, 2.05) is 38.1 Å². The third-order valence-electron chi connectivity index (χ3n) is 5.92. The Morgan fingerprint density at radius 1 is 1.21 bits per heavy atom. The summed E-state index contributed by atoms with van der Waals surface area (Å²) in [5, 5.41) is 36.7. The number of aromatic nitrogens is 2. The lowest BCUT2D eigenvalue weighted by molar-refractivity contribution is -0.265. The van der Waals surface area contributed by atoms with Gasteiger partial charge in [0.2, 0.25) is 12.2 Å². The van der Waals surface area contributed by atoms with Gasteiger partial charge in [-0.25, -0.2) is 9.49 Å². The molecular formula is C24H33FN2O7. The van der Waals surface area contributed by atoms with Crippen molar-refractivity contribution in [1.82, 2.24) is 10.2 Å². The Balaban J connectivity index is 1.73. The number of methoxy groups -OCH3 is 1. The number of aliphatic hydroxyl groups is 3. The van der Waals surface area contributed by atoms with E-state index in [1.165, 1.54) is 7.11 Å². The first-order chi connectivity index (χ1) is 16.2. The molecule has 0 saturated carbocycles. The van der Waals surface area contributed by atoms with Crippen LogP contribution in [-0.2, 0) is 27.1 Å². The summed E-state index contributed by atoms with van der Waals surface area (Å²) >= 11 is 0. The molecule has 1 aliphatic heterocycles. The largest absolute Gasteiger partial charge is 0.469 e. The molecule has 0 amide bonds. The fourth-order valence-electron chi connectivity index (χ4n) is 3.93. The van der Waals surface area contributed by atoms with Crippen molar-refractivity contribution in [2.45, 2.75) is 76.2 Å². The molecule has 10 heteroatoms. The van der Waals surface area contributed by atoms with E-state index < -0.39 is 37.4 Å². The van der Waals surface area contributed by atoms with Crippen LogP contribution in [0.15, 0.2) is 24.3 Å². The van der Waals surface area contributed by atoms with E-state index in [4.69, 9.17) is 9.47 Å². The zero-order valence-corrected chi connectivity index (χ0v) is 19.6. The Morgan fingerprint density at radius 3 is 2.50 bits per heavy atom. The van der Waals surface area contributed by atoms with Crippen molar-refractivity contribution in [2.75, 3.05) is 13.7 Å². The third kappa shape index (κ3) is 6.12. The first kappa shape index (κ1) is 26.1. The van der Waals surface area contributed by atoms with E-state index in [0.717, 1.165) is 28.8 Å². The number of carbonyl (C=O) groups excluding carboxylic acids is 1. The summed E-state index contributed by atoms with van der Waals surface area (Å²) in [6.45, 7) is 3.31. The number of alkyl halides is 1. The van der Waals surface area contributed by atoms with Gasteiger partial charge in [-0.2, -0.15) is 5.10 Å². The first-order valence-electron chi connectivity index (χ1n) is 11.4. The van der Waals surface area contributed by atoms with E-state index in [1.54, 1.807) is 0 Å². The second-order valence-corrected chi connectivity index (χ2v) is 8.76. The lowest BCUT2D eigenvalue weighted by atomic mass is 9.98. The van der Waals surface area contributed by atoms with Crippen LogP contribution in [-0.4, -0.2) is 76.0 Å². The Kier molecular flexibility index (Phi) is 9.01. The molecule has 3 rings (SSSR count). The molecule has 9 nitrogen and oxygen atoms in total. The fourth-order valence-corrected chi connectivity index (χ4v) is 3.93. The smallest absolute Gasteiger partial charge is 0.305 e. The predicted octanol–water partition coefficient (Wildman–Crippen LogP) is 1.78. The van der Waals surface area contributed by atoms with E-state index in [2.05, 4.69) is 14.9 Å². The molecular weight excluding hydrogens is 447 g/mol. The monoisotopic (exact) mass is 480 g/mol. The van der Waals surface area contributed by atoms with Crippen LogP contribution in [0, 0.1) is 0 Å². The number of carbonyl (C=O) groups is 1. The van der Waals surface area contributed by atoms with Gasteiger partial charge in [0, 0.05) is 18.4 Å². The number of benzene rings is 1. The Bertz CT molecular complexity index is 932. The van der Waals surface area contributed by atoms with Crippen molar-refractivity contribution in [1.29, 1.82) is 0 Å². The third-order valence-corrected chi connectivity index (χ3v) is 5.92. The summed E-state index contributed by atoms with van der Waals surface area (Å²) in [6.07, 6.45) is -5.71. The molecule has 2 aromatic rings. The van der Waals surface area contributed by atoms with Crippen LogP contribution >= 0.6 is 0 Å². The SMILES string of the molecule is COC(=O)CCCc1ccc(Cc2c(C(C)C)n[nH]c2O[C@@H]2O[C@H](CO)[C@@H](F)[C@H](O)[C@@H]2O)cc1. The van der Waals surface area contributed by atoms with Gasteiger partial charge in [-0.05, 0) is 29.9 Å². The zero-order valence-electron chi connectivity index (χ0n) is 19.6. The summed E-state index contributed by atoms with van der Waals surface area (Å²) in [5.74, 6) is 0.0951. The van der Waals surface area contributed by atoms with Crippen LogP contribution in [0.3, 0.4) is 0 Å². The molecule has 2 heterocycles. The van der Waals surface area contributed by atoms with E-state index >= 15 is 0 Å². The summed E-state index contributed by atoms with van der Waals surface area (Å²) in [4.78, 5) is 11.3. The molecule has 1 saturated heterocycles. The van der Waals surface area contributed by atoms with Gasteiger partial charge in [-0.15, -0.1) is 0 Å². The van der Waals surface area contributed by atoms with Crippen LogP contribution < -0.4 is 4.74 Å². The Labute approximate surface area is 197 Å². The molecule has 1 fully saturated rings. The normalized spacial score (nSPS) is 24.9. The van der Waals surface area contributed by atoms with Crippen LogP contribution in [0.2, 0.25) is 0 Å². The van der Waals surface area contributed by atoms with Gasteiger partial charge in [0.1, 0.15) is 18.3 Å². The quantitative estimate of drug-likeness (QED) is 0.378. The molecule has 1 aliphatic rings. The number of aliphatic hydroxyl groups excluding tert-OH is 3. The Morgan fingerprint density at radius 2 is 1.88 bits per heavy atom. The van der Waals surface area contributed by atoms with Crippen LogP contribution in [0.4, 0.5) is 4.39 Å². The van der Waals surface area contributed by atoms with Gasteiger partial charge in [-0.1, -0.05) is 38.1 Å². The maximum Gasteiger partial charge on any atom is 0.305 e. The number of hydrogen-bond donors (Lipinski definition) is 4. The molecule has 1 aromatic carbocycles. The molecule has 0 bridgehead atoms. The van der Waals surface area contributed by atoms with Gasteiger partial charge in [0.15, 0.2) is 6.17 Å². The number of aryl methyl sites for hydroxylation is 1. The maximum atomic E-state index is 14.1. The fraction of sp³-hybridized carbons (Fsp3) is 0.583. The van der Waals surface area contributed by atoms with Gasteiger partial charge in [-0.3, -0.25) is 4.79 Å². The highest BCUT2D eigenvalue weighted by Gasteiger charge is 2.46. The summed E-state index contributed by atoms with van der Waals surface area (Å²) in [7, 11) is 1.38. The van der Waals surface area contributed by atoms with E-state index in [-0.39, 0.29) is 17.8 Å². The highest BCUT2D eigenvalue weighted by Crippen LogP contribution is 2.31. The minimum absolute atomic E-state index is 0.0735. The van der Waals surface area contributed by atoms with Gasteiger partial charge in [0.05, 0.1) is 19.4 Å². The average molecular weight is 481 g/mol. The lowest BCUT2D eigenvalue weighted by Crippen LogP contribution is -2.58. The number of H-pyrrole nitrogens is 1. The minimum Gasteiger partial charge on any atom is -0.469 e. The van der Waals surface area contributed by atoms with Crippen molar-refractivity contribution >= 4 is 5.97 Å². The highest BCUT2D eigenvalue weighted by atomic mass is 19.1. The van der Waals surface area contributed by atoms with Crippen molar-refractivity contribution in [2.24, 2.45) is 0 Å². The standard InChI is InChI=1S/C24H33FN2O7/c1-13(2)20-16(11-15-9-7-14(8-10-15)5-4-6-18(29)32-3)23(27-26-20)34-24-22(31)21(30)19(25)17(12-28)33-24/h7-10,13,17,19,21-22,24,28,30-31H,4-6,11-12H2,1-3H3,(H,26,27)/t17-,19-,21+,22+,24+/m1/s1. The topological polar surface area (TPSA) is 134 Å². The molecule has 0 unspecified atom stereocenters. The summed E-state index contributed by atoms with van der Waals surface area (Å²) in [5.41, 5.74) is 3.61. The molecule has 1 aromatic heterocycles. The van der Waals surface area contributed by atoms with Crippen LogP contribution in [0.5, 0.6) is 5.88 Å². The molecule has 0 spiro atoms. The molecule has 34 heavy (non-hydrogen) atoms. The van der Waals surface area contributed by atoms with Crippen LogP contribution in [0.25, 0.3) is 0 Å². The van der Waals surface area contributed by atoms with E-state index in [9.17, 15) is 24.5 Å². The number of ether oxygens (including phenoxy) is 3. The summed E-state index contributed by atoms with van der Waals surface area (Å²) < 4.78 is 29.9. The number of halogens is 1. The highest BCUT2D eigenvalue weighted by molar-refractivity contribution is 5.69. The number of esters is 1. The lowest BCUT2D eigenvalue weighted by Gasteiger charge is -2.38. The Hall–Kier alpha value is -2.53. The van der Waals surface area contributed by atoms with Gasteiger partial charge < -0.3 is 29.5 Å². The maximum absolute atomic E-state index is 14.1. The average Bonchev–Trinajstić information content (AvgIpc) is 3.22. The second kappa shape index (κ2) is 11.7. The van der Waals surface area contributed by atoms with Crippen LogP contribution in [0.1, 0.15) is 55.0 Å². The zero-order chi connectivity index (χ0) is 24.8. The minimum atomic E-state index is -1.93. The number of hydrogen-bond acceptors (Lipinski definition) is 8. The van der Waals surface area contributed by atoms with Gasteiger partial charge in [0.25, 0.3) is 0 Å². The molecule has 0 radical (unpaired) electrons. The first-order valence-corrected chi connectivity index (χ1v) is 11.4. The van der Waals surface area contributed by atoms with Gasteiger partial charge >= 0.3 is 5.97 Å². The summed E-state index contributed by atoms with van der Waals surface area (Å²) in [6, 6.07) is 7.97. The molecule has 4 N–H and O–H groups in total. The number of nitrogens with one attached hydrogen (secondary N) is 1. The van der Waals surface area contributed by atoms with E-state index in [0.29, 0.717) is 19.3 Å². The van der Waals surface area contributed by atoms with Crippen molar-refractivity contribution in [3.05, 3.63) is 46.6 Å². The number of aromatic amines is 1. The predicted molar refractivity (Wildman–Crippen MR) is 120 cm³/mol.